The van der Waals surface area contributed by atoms with E-state index in [0.717, 1.165) is 115 Å². The molecular weight excluding hydrogens is 1360 g/mol. The predicted molar refractivity (Wildman–Crippen MR) is 429 cm³/mol. The minimum Gasteiger partial charge on any atom is -0.487 e. The lowest BCUT2D eigenvalue weighted by atomic mass is 10.1. The van der Waals surface area contributed by atoms with Crippen LogP contribution in [-0.4, -0.2) is 259 Å². The lowest BCUT2D eigenvalue weighted by Crippen LogP contribution is -2.33. The molecule has 622 valence electrons. The molecule has 4 amide bonds. The van der Waals surface area contributed by atoms with Crippen LogP contribution >= 0.6 is 24.4 Å². The Morgan fingerprint density at radius 3 is 1.08 bits per heavy atom. The summed E-state index contributed by atoms with van der Waals surface area (Å²) in [5.41, 5.74) is 5.87. The molecule has 0 spiro atoms. The molecule has 0 aliphatic rings. The minimum atomic E-state index is -0.406. The first-order chi connectivity index (χ1) is 45.8. The number of aliphatic imine (C=N–C) groups is 1. The summed E-state index contributed by atoms with van der Waals surface area (Å²) in [6.45, 7) is 32.5. The summed E-state index contributed by atoms with van der Waals surface area (Å²) in [5, 5.41) is 21.3. The van der Waals surface area contributed by atoms with Gasteiger partial charge in [-0.2, -0.15) is 0 Å². The Balaban J connectivity index is -0.0000000659. The number of nitrogens with two attached hydrogens (primary N) is 1. The SMILES string of the molecule is C.C.C.C.C.C.CCCCOC(=O)NCCC.CCOCC(C)=N.COCCCN=C(C)N.COCCCNC(C)=O.COCCCNC(C)=S.COCCCOC(=O)NCCCCC(C)NC(=O)OCCCOC.COCCCOC(C)=O.COCCCOC(C)=O.COCCCOC(C)=S. The molecule has 0 bridgehead atoms. The molecule has 8 N–H and O–H groups in total. The summed E-state index contributed by atoms with van der Waals surface area (Å²) in [5.74, 6) is 0.203. The molecule has 0 aliphatic carbocycles. The van der Waals surface area contributed by atoms with E-state index in [1.807, 2.05) is 27.7 Å². The molecule has 0 aromatic heterocycles. The van der Waals surface area contributed by atoms with Gasteiger partial charge in [0.1, 0.15) is 0 Å². The molecule has 0 fully saturated rings. The number of thiocarbonyl (C=S) groups is 2. The topological polar surface area (TPSA) is 363 Å². The van der Waals surface area contributed by atoms with Crippen molar-refractivity contribution in [2.75, 3.05) is 195 Å². The maximum absolute atomic E-state index is 11.5. The number of esters is 2. The fraction of sp³-hybridized carbons (Fsp3) is 0.859. The van der Waals surface area contributed by atoms with E-state index < -0.39 is 12.2 Å². The van der Waals surface area contributed by atoms with Crippen LogP contribution in [0.25, 0.3) is 0 Å². The van der Waals surface area contributed by atoms with E-state index in [2.05, 4.69) is 60.2 Å². The molecule has 102 heavy (non-hydrogen) atoms. The monoisotopic (exact) mass is 1530 g/mol. The van der Waals surface area contributed by atoms with Crippen molar-refractivity contribution in [3.05, 3.63) is 0 Å². The number of amides is 4. The van der Waals surface area contributed by atoms with Gasteiger partial charge in [0.2, 0.25) is 5.91 Å². The second-order valence-corrected chi connectivity index (χ2v) is 21.0. The summed E-state index contributed by atoms with van der Waals surface area (Å²) < 4.78 is 72.4. The maximum atomic E-state index is 11.5. The van der Waals surface area contributed by atoms with Gasteiger partial charge in [-0.05, 0) is 98.2 Å². The third-order valence-corrected chi connectivity index (χ3v) is 10.2. The zero-order valence-electron chi connectivity index (χ0n) is 62.7. The Kier molecular flexibility index (Phi) is 160. The van der Waals surface area contributed by atoms with Crippen LogP contribution in [-0.2, 0) is 85.4 Å². The summed E-state index contributed by atoms with van der Waals surface area (Å²) >= 11 is 9.48. The van der Waals surface area contributed by atoms with E-state index >= 15 is 0 Å². The van der Waals surface area contributed by atoms with Crippen molar-refractivity contribution < 1.29 is 99.8 Å². The number of unbranched alkanes of at least 4 members (excludes halogenated alkanes) is 2. The zero-order valence-corrected chi connectivity index (χ0v) is 64.4. The van der Waals surface area contributed by atoms with Crippen molar-refractivity contribution in [1.29, 1.82) is 5.41 Å². The van der Waals surface area contributed by atoms with E-state index in [4.69, 9.17) is 84.9 Å². The number of hydrogen-bond donors (Lipinski definition) is 7. The second kappa shape index (κ2) is 123. The van der Waals surface area contributed by atoms with E-state index in [1.54, 1.807) is 77.6 Å². The van der Waals surface area contributed by atoms with Crippen LogP contribution in [0.4, 0.5) is 14.4 Å². The third kappa shape index (κ3) is 181. The highest BCUT2D eigenvalue weighted by Gasteiger charge is 2.08. The van der Waals surface area contributed by atoms with Gasteiger partial charge in [0.15, 0.2) is 5.05 Å². The summed E-state index contributed by atoms with van der Waals surface area (Å²) in [6.07, 6.45) is 11.1. The molecule has 0 rings (SSSR count). The number of nitrogens with zero attached hydrogens (tertiary/aromatic N) is 1. The van der Waals surface area contributed by atoms with Crippen LogP contribution < -0.4 is 32.3 Å². The molecule has 0 aliphatic heterocycles. The van der Waals surface area contributed by atoms with Crippen molar-refractivity contribution in [3.63, 3.8) is 0 Å². The number of ether oxygens (including phenoxy) is 15. The van der Waals surface area contributed by atoms with Crippen molar-refractivity contribution in [2.45, 2.75) is 217 Å². The third-order valence-electron chi connectivity index (χ3n) is 9.98. The largest absolute Gasteiger partial charge is 0.487 e. The maximum Gasteiger partial charge on any atom is 0.407 e. The molecular formula is C71H160N8O21S2. The summed E-state index contributed by atoms with van der Waals surface area (Å²) in [7, 11) is 13.2. The van der Waals surface area contributed by atoms with Crippen molar-refractivity contribution in [1.82, 2.24) is 26.6 Å². The normalized spacial score (nSPS) is 9.42. The van der Waals surface area contributed by atoms with E-state index in [1.165, 1.54) is 20.8 Å². The van der Waals surface area contributed by atoms with Gasteiger partial charge in [0.05, 0.1) is 57.1 Å². The van der Waals surface area contributed by atoms with Crippen LogP contribution in [0.2, 0.25) is 0 Å². The Bertz CT molecular complexity index is 1610. The Morgan fingerprint density at radius 1 is 0.412 bits per heavy atom. The first-order valence-electron chi connectivity index (χ1n) is 32.7. The van der Waals surface area contributed by atoms with Crippen molar-refractivity contribution in [3.8, 4) is 0 Å². The number of methoxy groups -OCH3 is 8. The van der Waals surface area contributed by atoms with Crippen LogP contribution in [0.5, 0.6) is 0 Å². The lowest BCUT2D eigenvalue weighted by Gasteiger charge is -2.14. The number of alkyl carbamates (subject to hydrolysis) is 3. The van der Waals surface area contributed by atoms with Crippen LogP contribution in [0.15, 0.2) is 4.99 Å². The second-order valence-electron chi connectivity index (χ2n) is 19.9. The zero-order chi connectivity index (χ0) is 74.9. The highest BCUT2D eigenvalue weighted by atomic mass is 32.1. The van der Waals surface area contributed by atoms with Crippen LogP contribution in [0, 0.1) is 5.41 Å². The molecule has 0 saturated heterocycles. The van der Waals surface area contributed by atoms with Gasteiger partial charge in [0, 0.05) is 221 Å². The molecule has 29 nitrogen and oxygen atoms in total. The Labute approximate surface area is 633 Å². The average molecular weight is 1530 g/mol. The number of nitrogens with one attached hydrogen (secondary N) is 6. The molecule has 0 aromatic carbocycles. The van der Waals surface area contributed by atoms with Crippen molar-refractivity contribution >= 4 is 82.1 Å². The number of carbonyl (C=O) groups is 6. The fourth-order valence-electron chi connectivity index (χ4n) is 5.39. The van der Waals surface area contributed by atoms with Crippen molar-refractivity contribution in [2.24, 2.45) is 10.7 Å². The van der Waals surface area contributed by atoms with Crippen LogP contribution in [0.3, 0.4) is 0 Å². The fourth-order valence-corrected chi connectivity index (χ4v) is 5.58. The van der Waals surface area contributed by atoms with Gasteiger partial charge in [-0.1, -0.05) is 77.0 Å². The highest BCUT2D eigenvalue weighted by molar-refractivity contribution is 7.80. The molecule has 0 radical (unpaired) electrons. The Morgan fingerprint density at radius 2 is 0.755 bits per heavy atom. The quantitative estimate of drug-likeness (QED) is 0.00743. The highest BCUT2D eigenvalue weighted by Crippen LogP contribution is 2.01. The predicted octanol–water partition coefficient (Wildman–Crippen LogP) is 13.0. The molecule has 31 heteroatoms. The number of carbonyl (C=O) groups excluding carboxylic acids is 6. The lowest BCUT2D eigenvalue weighted by molar-refractivity contribution is -0.142. The van der Waals surface area contributed by atoms with Gasteiger partial charge in [-0.3, -0.25) is 19.4 Å². The number of rotatable bonds is 46. The van der Waals surface area contributed by atoms with Gasteiger partial charge in [-0.15, -0.1) is 0 Å². The van der Waals surface area contributed by atoms with E-state index in [9.17, 15) is 28.8 Å². The first-order valence-corrected chi connectivity index (χ1v) is 33.6. The summed E-state index contributed by atoms with van der Waals surface area (Å²) in [6, 6.07) is 0.0286. The van der Waals surface area contributed by atoms with Gasteiger partial charge in [-0.25, -0.2) is 14.4 Å². The molecule has 1 atom stereocenters. The van der Waals surface area contributed by atoms with Gasteiger partial charge < -0.3 is 109 Å². The molecule has 0 heterocycles. The average Bonchev–Trinajstić information content (AvgIpc) is 1.07. The first kappa shape index (κ1) is 133. The van der Waals surface area contributed by atoms with E-state index in [0.29, 0.717) is 135 Å². The minimum absolute atomic E-state index is 0. The summed E-state index contributed by atoms with van der Waals surface area (Å²) in [4.78, 5) is 68.9. The van der Waals surface area contributed by atoms with E-state index in [-0.39, 0.29) is 74.5 Å². The standard InChI is InChI=1S/C16H32N2O6.C8H17NO2.C6H14N2O.C6H13NO2.C6H13NOS.2C6H12O3.C6H12O2S.C5H11NO.6CH4/c1-14(18-16(20)24-13-7-11-22-3)8-4-5-9-17-15(19)23-12-6-10-21-2;1-3-5-7-11-8(10)9-6-4-2;1-6(7)8-4-3-5-9-2;1-6(8)7-4-3-5-9-2;1-6(9)7-4-3-5-8-2;2*1-6(7)9-5-3-4-8-2;1-6(9)8-5-3-4-7-2;1-3-7-4-5(2)6;;;;;;/h14H,4-13H2,1-3H3,(H,17,19)(H,18,20);3-7H2,1-2H3,(H,9,10);3-5H2,1-2H3,(H2,7,8);3-5H2,1-2H3,(H,7,8);3-5H2,1-2H3,(H,7,9);3*3-5H2,1-2H3;6H,3-4H2,1-2H3;6*1H4. The number of hydrogen-bond acceptors (Lipinski definition) is 25. The van der Waals surface area contributed by atoms with Crippen LogP contribution in [0.1, 0.15) is 211 Å². The number of amidine groups is 1. The smallest absolute Gasteiger partial charge is 0.407 e. The Hall–Kier alpha value is -5.22. The molecule has 1 unspecified atom stereocenters. The van der Waals surface area contributed by atoms with Gasteiger partial charge >= 0.3 is 30.2 Å². The van der Waals surface area contributed by atoms with Gasteiger partial charge in [0.25, 0.3) is 0 Å². The molecule has 0 saturated carbocycles. The molecule has 0 aromatic rings.